The van der Waals surface area contributed by atoms with Crippen molar-refractivity contribution in [1.29, 1.82) is 0 Å². The molecule has 3 aliphatic heterocycles. The van der Waals surface area contributed by atoms with Crippen LogP contribution in [0.25, 0.3) is 0 Å². The van der Waals surface area contributed by atoms with E-state index in [0.717, 1.165) is 31.5 Å². The van der Waals surface area contributed by atoms with Gasteiger partial charge in [0.1, 0.15) is 0 Å². The SMILES string of the molecule is CN1C2C=C(Cc3cccc(B4OC(C)(C)C(C)(C)O4)c3)CC1COC2. The standard InChI is InChI=1S/C21H30BNO3/c1-20(2)21(3,4)26-22(25-20)17-8-6-7-15(10-17)9-16-11-18-13-24-14-19(12-16)23(18)5/h6-8,10-11,18-19H,9,12-14H2,1-5H3. The van der Waals surface area contributed by atoms with Gasteiger partial charge >= 0.3 is 7.12 Å². The summed E-state index contributed by atoms with van der Waals surface area (Å²) in [7, 11) is 1.92. The highest BCUT2D eigenvalue weighted by atomic mass is 16.7. The van der Waals surface area contributed by atoms with Crippen molar-refractivity contribution in [2.75, 3.05) is 20.3 Å². The van der Waals surface area contributed by atoms with Gasteiger partial charge in [0.25, 0.3) is 0 Å². The summed E-state index contributed by atoms with van der Waals surface area (Å²) in [6.07, 6.45) is 4.49. The molecule has 2 bridgehead atoms. The molecule has 2 saturated heterocycles. The quantitative estimate of drug-likeness (QED) is 0.616. The first-order chi connectivity index (χ1) is 12.2. The zero-order valence-electron chi connectivity index (χ0n) is 16.6. The molecule has 5 heteroatoms. The number of hydrogen-bond acceptors (Lipinski definition) is 4. The van der Waals surface area contributed by atoms with Gasteiger partial charge in [0.05, 0.1) is 30.5 Å². The number of likely N-dealkylation sites (N-methyl/N-ethyl adjacent to an activating group) is 1. The number of ether oxygens (including phenoxy) is 1. The van der Waals surface area contributed by atoms with Crippen LogP contribution in [0.1, 0.15) is 39.7 Å². The molecule has 4 rings (SSSR count). The first-order valence-corrected chi connectivity index (χ1v) is 9.69. The zero-order chi connectivity index (χ0) is 18.5. The van der Waals surface area contributed by atoms with Crippen molar-refractivity contribution < 1.29 is 14.0 Å². The minimum Gasteiger partial charge on any atom is -0.399 e. The molecule has 0 saturated carbocycles. The van der Waals surface area contributed by atoms with Gasteiger partial charge in [0.2, 0.25) is 0 Å². The topological polar surface area (TPSA) is 30.9 Å². The molecule has 0 amide bonds. The van der Waals surface area contributed by atoms with Gasteiger partial charge in [0, 0.05) is 6.04 Å². The van der Waals surface area contributed by atoms with E-state index in [1.54, 1.807) is 0 Å². The summed E-state index contributed by atoms with van der Waals surface area (Å²) in [5.74, 6) is 0. The van der Waals surface area contributed by atoms with Crippen LogP contribution < -0.4 is 5.46 Å². The molecule has 0 spiro atoms. The normalized spacial score (nSPS) is 30.3. The second kappa shape index (κ2) is 6.48. The lowest BCUT2D eigenvalue weighted by atomic mass is 9.78. The molecule has 2 fully saturated rings. The van der Waals surface area contributed by atoms with E-state index in [9.17, 15) is 0 Å². The summed E-state index contributed by atoms with van der Waals surface area (Å²) < 4.78 is 18.1. The lowest BCUT2D eigenvalue weighted by Gasteiger charge is -2.42. The molecule has 1 aromatic rings. The number of nitrogens with zero attached hydrogens (tertiary/aromatic N) is 1. The van der Waals surface area contributed by atoms with Crippen molar-refractivity contribution in [3.05, 3.63) is 41.5 Å². The minimum absolute atomic E-state index is 0.292. The maximum Gasteiger partial charge on any atom is 0.494 e. The van der Waals surface area contributed by atoms with Gasteiger partial charge in [-0.3, -0.25) is 4.90 Å². The van der Waals surface area contributed by atoms with Crippen molar-refractivity contribution in [3.8, 4) is 0 Å². The van der Waals surface area contributed by atoms with Crippen molar-refractivity contribution >= 4 is 12.6 Å². The van der Waals surface area contributed by atoms with E-state index in [0.29, 0.717) is 12.1 Å². The summed E-state index contributed by atoms with van der Waals surface area (Å²) in [5, 5.41) is 0. The largest absolute Gasteiger partial charge is 0.494 e. The Hall–Kier alpha value is -1.14. The first-order valence-electron chi connectivity index (χ1n) is 9.69. The first kappa shape index (κ1) is 18.2. The Kier molecular flexibility index (Phi) is 4.55. The average molecular weight is 355 g/mol. The van der Waals surface area contributed by atoms with Gasteiger partial charge in [-0.1, -0.05) is 35.9 Å². The van der Waals surface area contributed by atoms with E-state index in [-0.39, 0.29) is 18.3 Å². The van der Waals surface area contributed by atoms with E-state index >= 15 is 0 Å². The Bertz CT molecular complexity index is 699. The molecular formula is C21H30BNO3. The van der Waals surface area contributed by atoms with E-state index in [1.807, 2.05) is 0 Å². The average Bonchev–Trinajstić information content (AvgIpc) is 2.77. The number of rotatable bonds is 3. The van der Waals surface area contributed by atoms with Crippen LogP contribution in [-0.4, -0.2) is 55.6 Å². The van der Waals surface area contributed by atoms with Crippen LogP contribution >= 0.6 is 0 Å². The van der Waals surface area contributed by atoms with Crippen molar-refractivity contribution in [2.24, 2.45) is 0 Å². The molecule has 26 heavy (non-hydrogen) atoms. The lowest BCUT2D eigenvalue weighted by Crippen LogP contribution is -2.51. The molecule has 0 N–H and O–H groups in total. The summed E-state index contributed by atoms with van der Waals surface area (Å²) in [6, 6.07) is 9.61. The molecule has 0 aliphatic carbocycles. The van der Waals surface area contributed by atoms with E-state index in [2.05, 4.69) is 70.0 Å². The van der Waals surface area contributed by atoms with Crippen LogP contribution in [0.2, 0.25) is 0 Å². The summed E-state index contributed by atoms with van der Waals surface area (Å²) in [4.78, 5) is 2.45. The third kappa shape index (κ3) is 3.26. The molecule has 2 unspecified atom stereocenters. The van der Waals surface area contributed by atoms with Crippen LogP contribution in [0, 0.1) is 0 Å². The Labute approximate surface area is 157 Å². The minimum atomic E-state index is -0.304. The van der Waals surface area contributed by atoms with Crippen LogP contribution in [0.4, 0.5) is 0 Å². The molecule has 2 atom stereocenters. The number of benzene rings is 1. The summed E-state index contributed by atoms with van der Waals surface area (Å²) in [6.45, 7) is 10.0. The Morgan fingerprint density at radius 3 is 2.54 bits per heavy atom. The zero-order valence-corrected chi connectivity index (χ0v) is 16.6. The van der Waals surface area contributed by atoms with Crippen molar-refractivity contribution in [2.45, 2.75) is 63.8 Å². The predicted molar refractivity (Wildman–Crippen MR) is 105 cm³/mol. The third-order valence-corrected chi connectivity index (χ3v) is 6.53. The number of hydrogen-bond donors (Lipinski definition) is 0. The van der Waals surface area contributed by atoms with Gasteiger partial charge in [-0.25, -0.2) is 0 Å². The van der Waals surface area contributed by atoms with Gasteiger partial charge < -0.3 is 14.0 Å². The van der Waals surface area contributed by atoms with Crippen molar-refractivity contribution in [3.63, 3.8) is 0 Å². The fourth-order valence-corrected chi connectivity index (χ4v) is 4.06. The molecule has 4 nitrogen and oxygen atoms in total. The fourth-order valence-electron chi connectivity index (χ4n) is 4.06. The van der Waals surface area contributed by atoms with E-state index in [1.165, 1.54) is 11.1 Å². The molecular weight excluding hydrogens is 325 g/mol. The van der Waals surface area contributed by atoms with Crippen LogP contribution in [0.5, 0.6) is 0 Å². The lowest BCUT2D eigenvalue weighted by molar-refractivity contribution is -0.0260. The molecule has 140 valence electrons. The van der Waals surface area contributed by atoms with Gasteiger partial charge in [0.15, 0.2) is 0 Å². The Balaban J connectivity index is 1.51. The highest BCUT2D eigenvalue weighted by Crippen LogP contribution is 2.36. The smallest absolute Gasteiger partial charge is 0.399 e. The maximum atomic E-state index is 6.21. The fraction of sp³-hybridized carbons (Fsp3) is 0.619. The van der Waals surface area contributed by atoms with Crippen LogP contribution in [0.3, 0.4) is 0 Å². The molecule has 0 radical (unpaired) electrons. The molecule has 1 aromatic carbocycles. The maximum absolute atomic E-state index is 6.21. The summed E-state index contributed by atoms with van der Waals surface area (Å²) in [5.41, 5.74) is 3.35. The van der Waals surface area contributed by atoms with E-state index < -0.39 is 0 Å². The monoisotopic (exact) mass is 355 g/mol. The van der Waals surface area contributed by atoms with Crippen LogP contribution in [-0.2, 0) is 20.5 Å². The van der Waals surface area contributed by atoms with E-state index in [4.69, 9.17) is 14.0 Å². The third-order valence-electron chi connectivity index (χ3n) is 6.53. The van der Waals surface area contributed by atoms with Crippen LogP contribution in [0.15, 0.2) is 35.9 Å². The summed E-state index contributed by atoms with van der Waals surface area (Å²) >= 11 is 0. The second-order valence-corrected chi connectivity index (χ2v) is 8.96. The molecule has 0 aromatic heterocycles. The molecule has 3 heterocycles. The highest BCUT2D eigenvalue weighted by molar-refractivity contribution is 6.62. The second-order valence-electron chi connectivity index (χ2n) is 8.96. The van der Waals surface area contributed by atoms with Gasteiger partial charge in [-0.2, -0.15) is 0 Å². The number of fused-ring (bicyclic) bond motifs is 2. The number of morpholine rings is 1. The van der Waals surface area contributed by atoms with Gasteiger partial charge in [-0.15, -0.1) is 0 Å². The Morgan fingerprint density at radius 1 is 1.12 bits per heavy atom. The highest BCUT2D eigenvalue weighted by Gasteiger charge is 2.51. The predicted octanol–water partition coefficient (Wildman–Crippen LogP) is 2.56. The van der Waals surface area contributed by atoms with Crippen molar-refractivity contribution in [1.82, 2.24) is 4.90 Å². The molecule has 3 aliphatic rings. The van der Waals surface area contributed by atoms with Gasteiger partial charge in [-0.05, 0) is 58.6 Å². The Morgan fingerprint density at radius 2 is 1.85 bits per heavy atom.